The molecule has 0 aliphatic rings. The van der Waals surface area contributed by atoms with Crippen molar-refractivity contribution in [1.82, 2.24) is 10.9 Å². The van der Waals surface area contributed by atoms with E-state index in [4.69, 9.17) is 23.2 Å². The first-order valence-corrected chi connectivity index (χ1v) is 8.92. The number of carbonyl (C=O) groups is 2. The fraction of sp³-hybridized carbons (Fsp3) is 0.158. The molecule has 0 bridgehead atoms. The lowest BCUT2D eigenvalue weighted by molar-refractivity contribution is -0.135. The van der Waals surface area contributed by atoms with Crippen molar-refractivity contribution in [2.24, 2.45) is 16.1 Å². The van der Waals surface area contributed by atoms with Crippen LogP contribution in [0.3, 0.4) is 0 Å². The average molecular weight is 405 g/mol. The SMILES string of the molecule is CCC(C(=O)N/N=C/c1ccc(Cl)cc1)C(=O)N/N=C/c1ccc(Cl)cc1. The minimum atomic E-state index is -0.908. The van der Waals surface area contributed by atoms with Gasteiger partial charge in [0.15, 0.2) is 0 Å². The van der Waals surface area contributed by atoms with E-state index >= 15 is 0 Å². The molecule has 27 heavy (non-hydrogen) atoms. The molecule has 2 aromatic rings. The minimum Gasteiger partial charge on any atom is -0.272 e. The molecule has 8 heteroatoms. The number of halogens is 2. The molecule has 2 rings (SSSR count). The third kappa shape index (κ3) is 6.84. The van der Waals surface area contributed by atoms with Crippen LogP contribution in [0.4, 0.5) is 0 Å². The zero-order valence-electron chi connectivity index (χ0n) is 14.5. The van der Waals surface area contributed by atoms with Crippen LogP contribution in [0.1, 0.15) is 24.5 Å². The lowest BCUT2D eigenvalue weighted by atomic mass is 10.1. The Morgan fingerprint density at radius 2 is 1.22 bits per heavy atom. The fourth-order valence-corrected chi connectivity index (χ4v) is 2.34. The van der Waals surface area contributed by atoms with Crippen molar-refractivity contribution in [3.63, 3.8) is 0 Å². The van der Waals surface area contributed by atoms with E-state index in [1.165, 1.54) is 12.4 Å². The van der Waals surface area contributed by atoms with E-state index in [0.29, 0.717) is 16.5 Å². The molecule has 0 saturated carbocycles. The van der Waals surface area contributed by atoms with Gasteiger partial charge in [-0.05, 0) is 41.8 Å². The molecule has 0 heterocycles. The third-order valence-electron chi connectivity index (χ3n) is 3.56. The second-order valence-corrected chi connectivity index (χ2v) is 6.41. The van der Waals surface area contributed by atoms with Crippen LogP contribution < -0.4 is 10.9 Å². The van der Waals surface area contributed by atoms with Crippen LogP contribution in [-0.4, -0.2) is 24.2 Å². The minimum absolute atomic E-state index is 0.310. The summed E-state index contributed by atoms with van der Waals surface area (Å²) in [5.74, 6) is -1.93. The highest BCUT2D eigenvalue weighted by molar-refractivity contribution is 6.30. The summed E-state index contributed by atoms with van der Waals surface area (Å²) in [5, 5.41) is 8.94. The first kappa shape index (κ1) is 20.6. The molecule has 0 radical (unpaired) electrons. The highest BCUT2D eigenvalue weighted by atomic mass is 35.5. The lowest BCUT2D eigenvalue weighted by Gasteiger charge is -2.10. The molecule has 0 fully saturated rings. The number of hydrogen-bond acceptors (Lipinski definition) is 4. The monoisotopic (exact) mass is 404 g/mol. The van der Waals surface area contributed by atoms with E-state index in [1.54, 1.807) is 55.5 Å². The van der Waals surface area contributed by atoms with Gasteiger partial charge < -0.3 is 0 Å². The molecule has 0 aliphatic heterocycles. The zero-order valence-corrected chi connectivity index (χ0v) is 16.0. The summed E-state index contributed by atoms with van der Waals surface area (Å²) in [7, 11) is 0. The number of nitrogens with one attached hydrogen (secondary N) is 2. The number of carbonyl (C=O) groups excluding carboxylic acids is 2. The largest absolute Gasteiger partial charge is 0.272 e. The number of rotatable bonds is 7. The molecule has 0 aromatic heterocycles. The molecular weight excluding hydrogens is 387 g/mol. The Bertz CT molecular complexity index is 764. The van der Waals surface area contributed by atoms with E-state index in [2.05, 4.69) is 21.1 Å². The highest BCUT2D eigenvalue weighted by Gasteiger charge is 2.24. The van der Waals surface area contributed by atoms with Crippen molar-refractivity contribution in [3.05, 3.63) is 69.7 Å². The van der Waals surface area contributed by atoms with Crippen molar-refractivity contribution in [2.75, 3.05) is 0 Å². The van der Waals surface area contributed by atoms with Gasteiger partial charge in [0.2, 0.25) is 0 Å². The highest BCUT2D eigenvalue weighted by Crippen LogP contribution is 2.09. The normalized spacial score (nSPS) is 11.3. The third-order valence-corrected chi connectivity index (χ3v) is 4.06. The summed E-state index contributed by atoms with van der Waals surface area (Å²) in [6, 6.07) is 13.9. The summed E-state index contributed by atoms with van der Waals surface area (Å²) in [6.07, 6.45) is 3.25. The van der Waals surface area contributed by atoms with Crippen LogP contribution in [0, 0.1) is 5.92 Å². The second kappa shape index (κ2) is 10.4. The maximum atomic E-state index is 12.2. The van der Waals surface area contributed by atoms with Gasteiger partial charge >= 0.3 is 0 Å². The number of hydrogen-bond donors (Lipinski definition) is 2. The van der Waals surface area contributed by atoms with Crippen LogP contribution in [0.15, 0.2) is 58.7 Å². The lowest BCUT2D eigenvalue weighted by Crippen LogP contribution is -2.37. The Morgan fingerprint density at radius 3 is 1.56 bits per heavy atom. The summed E-state index contributed by atoms with van der Waals surface area (Å²) in [5.41, 5.74) is 6.26. The average Bonchev–Trinajstić information content (AvgIpc) is 2.65. The standard InChI is InChI=1S/C19H18Cl2N4O2/c1-2-17(18(26)24-22-11-13-3-7-15(20)8-4-13)19(27)25-23-12-14-5-9-16(21)10-6-14/h3-12,17H,2H2,1H3,(H,24,26)(H,25,27)/b22-11+,23-12+. The molecule has 0 aliphatic carbocycles. The molecule has 0 atom stereocenters. The molecule has 140 valence electrons. The number of benzene rings is 2. The van der Waals surface area contributed by atoms with Crippen LogP contribution >= 0.6 is 23.2 Å². The molecule has 0 saturated heterocycles. The van der Waals surface area contributed by atoms with Crippen LogP contribution in [0.25, 0.3) is 0 Å². The van der Waals surface area contributed by atoms with Gasteiger partial charge in [-0.25, -0.2) is 10.9 Å². The molecule has 0 spiro atoms. The fourth-order valence-electron chi connectivity index (χ4n) is 2.08. The molecule has 2 amide bonds. The van der Waals surface area contributed by atoms with E-state index in [-0.39, 0.29) is 0 Å². The zero-order chi connectivity index (χ0) is 19.6. The van der Waals surface area contributed by atoms with Crippen molar-refractivity contribution < 1.29 is 9.59 Å². The van der Waals surface area contributed by atoms with Gasteiger partial charge in [0.1, 0.15) is 5.92 Å². The molecule has 2 N–H and O–H groups in total. The molecule has 2 aromatic carbocycles. The summed E-state index contributed by atoms with van der Waals surface area (Å²) < 4.78 is 0. The van der Waals surface area contributed by atoms with E-state index in [0.717, 1.165) is 11.1 Å². The van der Waals surface area contributed by atoms with Gasteiger partial charge in [0.05, 0.1) is 12.4 Å². The van der Waals surface area contributed by atoms with Gasteiger partial charge in [-0.3, -0.25) is 9.59 Å². The first-order chi connectivity index (χ1) is 13.0. The van der Waals surface area contributed by atoms with Gasteiger partial charge in [-0.2, -0.15) is 10.2 Å². The number of hydrazone groups is 2. The van der Waals surface area contributed by atoms with Gasteiger partial charge in [-0.1, -0.05) is 54.4 Å². The van der Waals surface area contributed by atoms with Gasteiger partial charge in [0, 0.05) is 10.0 Å². The van der Waals surface area contributed by atoms with Crippen LogP contribution in [0.2, 0.25) is 10.0 Å². The number of amides is 2. The van der Waals surface area contributed by atoms with Gasteiger partial charge in [0.25, 0.3) is 11.8 Å². The number of nitrogens with zero attached hydrogens (tertiary/aromatic N) is 2. The Kier molecular flexibility index (Phi) is 7.98. The molecule has 0 unspecified atom stereocenters. The predicted octanol–water partition coefficient (Wildman–Crippen LogP) is 3.62. The van der Waals surface area contributed by atoms with Crippen LogP contribution in [0.5, 0.6) is 0 Å². The quantitative estimate of drug-likeness (QED) is 0.419. The summed E-state index contributed by atoms with van der Waals surface area (Å²) >= 11 is 11.6. The van der Waals surface area contributed by atoms with E-state index in [1.807, 2.05) is 0 Å². The molecule has 6 nitrogen and oxygen atoms in total. The Labute approximate surface area is 167 Å². The maximum Gasteiger partial charge on any atom is 0.252 e. The van der Waals surface area contributed by atoms with Crippen LogP contribution in [-0.2, 0) is 9.59 Å². The second-order valence-electron chi connectivity index (χ2n) is 5.53. The van der Waals surface area contributed by atoms with E-state index < -0.39 is 17.7 Å². The van der Waals surface area contributed by atoms with Crippen molar-refractivity contribution in [2.45, 2.75) is 13.3 Å². The topological polar surface area (TPSA) is 82.9 Å². The summed E-state index contributed by atoms with van der Waals surface area (Å²) in [4.78, 5) is 24.3. The first-order valence-electron chi connectivity index (χ1n) is 8.16. The Morgan fingerprint density at radius 1 is 0.852 bits per heavy atom. The Balaban J connectivity index is 1.87. The maximum absolute atomic E-state index is 12.2. The molecular formula is C19H18Cl2N4O2. The van der Waals surface area contributed by atoms with Gasteiger partial charge in [-0.15, -0.1) is 0 Å². The predicted molar refractivity (Wildman–Crippen MR) is 108 cm³/mol. The summed E-state index contributed by atoms with van der Waals surface area (Å²) in [6.45, 7) is 1.73. The van der Waals surface area contributed by atoms with Crippen molar-refractivity contribution >= 4 is 47.4 Å². The Hall–Kier alpha value is -2.70. The smallest absolute Gasteiger partial charge is 0.252 e. The van der Waals surface area contributed by atoms with Crippen molar-refractivity contribution in [3.8, 4) is 0 Å². The van der Waals surface area contributed by atoms with Crippen molar-refractivity contribution in [1.29, 1.82) is 0 Å². The van der Waals surface area contributed by atoms with E-state index in [9.17, 15) is 9.59 Å².